The molecule has 0 fully saturated rings. The van der Waals surface area contributed by atoms with E-state index in [4.69, 9.17) is 10.9 Å². The van der Waals surface area contributed by atoms with Crippen molar-refractivity contribution < 1.29 is 5.21 Å². The first-order chi connectivity index (χ1) is 9.90. The molecule has 0 aliphatic rings. The van der Waals surface area contributed by atoms with E-state index in [1.54, 1.807) is 4.68 Å². The molecule has 6 nitrogen and oxygen atoms in total. The maximum atomic E-state index is 9.03. The van der Waals surface area contributed by atoms with Crippen LogP contribution >= 0.6 is 0 Å². The molecule has 0 radical (unpaired) electrons. The van der Waals surface area contributed by atoms with Crippen LogP contribution in [-0.4, -0.2) is 25.8 Å². The highest BCUT2D eigenvalue weighted by molar-refractivity contribution is 6.01. The third-order valence-electron chi connectivity index (χ3n) is 3.68. The normalized spacial score (nSPS) is 12.0. The van der Waals surface area contributed by atoms with Crippen LogP contribution < -0.4 is 5.73 Å². The van der Waals surface area contributed by atoms with E-state index in [-0.39, 0.29) is 5.84 Å². The van der Waals surface area contributed by atoms with Crippen molar-refractivity contribution in [3.8, 4) is 5.82 Å². The number of hydrogen-bond donors (Lipinski definition) is 2. The molecule has 2 aromatic heterocycles. The quantitative estimate of drug-likeness (QED) is 0.392. The predicted molar refractivity (Wildman–Crippen MR) is 82.2 cm³/mol. The monoisotopic (exact) mass is 287 g/mol. The summed E-state index contributed by atoms with van der Waals surface area (Å²) in [6.07, 6.45) is 0.904. The molecule has 0 saturated carbocycles. The van der Waals surface area contributed by atoms with Gasteiger partial charge in [-0.25, -0.2) is 9.67 Å². The Balaban J connectivity index is 2.80. The second-order valence-electron chi connectivity index (χ2n) is 5.18. The van der Waals surface area contributed by atoms with Crippen molar-refractivity contribution in [3.05, 3.63) is 39.8 Å². The van der Waals surface area contributed by atoms with Crippen molar-refractivity contribution >= 4 is 5.84 Å². The first kappa shape index (κ1) is 15.0. The second-order valence-corrected chi connectivity index (χ2v) is 5.18. The number of nitrogens with zero attached hydrogens (tertiary/aromatic N) is 4. The van der Waals surface area contributed by atoms with E-state index in [0.717, 1.165) is 29.1 Å². The maximum absolute atomic E-state index is 9.03. The number of nitrogens with two attached hydrogens (primary N) is 1. The van der Waals surface area contributed by atoms with Crippen LogP contribution in [0.4, 0.5) is 0 Å². The number of rotatable bonds is 3. The summed E-state index contributed by atoms with van der Waals surface area (Å²) in [5.74, 6) is 0.642. The van der Waals surface area contributed by atoms with Crippen molar-refractivity contribution in [3.63, 3.8) is 0 Å². The standard InChI is InChI=1S/C15H21N5O/c1-6-12-10(4)18-20(11(12)5)15-13(14(16)19-21)8(2)7-9(3)17-15/h7,21H,6H2,1-5H3,(H2,16,19). The summed E-state index contributed by atoms with van der Waals surface area (Å²) in [6.45, 7) is 9.92. The maximum Gasteiger partial charge on any atom is 0.174 e. The summed E-state index contributed by atoms with van der Waals surface area (Å²) >= 11 is 0. The van der Waals surface area contributed by atoms with Gasteiger partial charge in [0.15, 0.2) is 11.7 Å². The van der Waals surface area contributed by atoms with Crippen molar-refractivity contribution in [2.45, 2.75) is 41.0 Å². The lowest BCUT2D eigenvalue weighted by molar-refractivity contribution is 0.318. The van der Waals surface area contributed by atoms with Gasteiger partial charge in [0.05, 0.1) is 11.3 Å². The summed E-state index contributed by atoms with van der Waals surface area (Å²) in [7, 11) is 0. The van der Waals surface area contributed by atoms with Crippen LogP contribution in [0.15, 0.2) is 11.2 Å². The Morgan fingerprint density at radius 2 is 2.00 bits per heavy atom. The van der Waals surface area contributed by atoms with Gasteiger partial charge in [0.25, 0.3) is 0 Å². The Labute approximate surface area is 124 Å². The van der Waals surface area contributed by atoms with Gasteiger partial charge >= 0.3 is 0 Å². The summed E-state index contributed by atoms with van der Waals surface area (Å²) in [5.41, 5.74) is 11.4. The number of pyridine rings is 1. The minimum atomic E-state index is 0.0422. The lowest BCUT2D eigenvalue weighted by atomic mass is 10.1. The Bertz CT molecular complexity index is 715. The zero-order chi connectivity index (χ0) is 15.7. The molecular weight excluding hydrogens is 266 g/mol. The molecular formula is C15H21N5O. The van der Waals surface area contributed by atoms with Gasteiger partial charge in [-0.05, 0) is 51.3 Å². The van der Waals surface area contributed by atoms with Crippen LogP contribution in [0.1, 0.15) is 40.7 Å². The Kier molecular flexibility index (Phi) is 3.97. The van der Waals surface area contributed by atoms with Crippen LogP contribution in [0.25, 0.3) is 5.82 Å². The first-order valence-corrected chi connectivity index (χ1v) is 6.92. The van der Waals surface area contributed by atoms with Gasteiger partial charge in [-0.1, -0.05) is 12.1 Å². The van der Waals surface area contributed by atoms with E-state index in [1.165, 1.54) is 5.56 Å². The predicted octanol–water partition coefficient (Wildman–Crippen LogP) is 2.16. The molecule has 0 aliphatic heterocycles. The second kappa shape index (κ2) is 5.55. The molecule has 112 valence electrons. The van der Waals surface area contributed by atoms with Crippen LogP contribution in [0.3, 0.4) is 0 Å². The number of aromatic nitrogens is 3. The number of amidine groups is 1. The SMILES string of the molecule is CCc1c(C)nn(-c2nc(C)cc(C)c2C(N)=NO)c1C. The highest BCUT2D eigenvalue weighted by atomic mass is 16.4. The smallest absolute Gasteiger partial charge is 0.174 e. The van der Waals surface area contributed by atoms with Crippen LogP contribution in [0.5, 0.6) is 0 Å². The third-order valence-corrected chi connectivity index (χ3v) is 3.68. The van der Waals surface area contributed by atoms with Crippen molar-refractivity contribution in [1.29, 1.82) is 0 Å². The van der Waals surface area contributed by atoms with E-state index >= 15 is 0 Å². The van der Waals surface area contributed by atoms with Gasteiger partial charge in [0, 0.05) is 11.4 Å². The topological polar surface area (TPSA) is 89.3 Å². The molecule has 0 aromatic carbocycles. The molecule has 3 N–H and O–H groups in total. The molecule has 2 heterocycles. The molecule has 0 spiro atoms. The van der Waals surface area contributed by atoms with Crippen molar-refractivity contribution in [2.75, 3.05) is 0 Å². The molecule has 0 amide bonds. The lowest BCUT2D eigenvalue weighted by Crippen LogP contribution is -2.20. The molecule has 0 unspecified atom stereocenters. The molecule has 2 aromatic rings. The molecule has 2 rings (SSSR count). The number of hydrogen-bond acceptors (Lipinski definition) is 4. The summed E-state index contributed by atoms with van der Waals surface area (Å²) in [5, 5.41) is 16.7. The van der Waals surface area contributed by atoms with Gasteiger partial charge < -0.3 is 10.9 Å². The molecule has 0 atom stereocenters. The fraction of sp³-hybridized carbons (Fsp3) is 0.400. The van der Waals surface area contributed by atoms with Crippen molar-refractivity contribution in [2.24, 2.45) is 10.9 Å². The minimum Gasteiger partial charge on any atom is -0.409 e. The average Bonchev–Trinajstić information content (AvgIpc) is 2.71. The Hall–Kier alpha value is -2.37. The van der Waals surface area contributed by atoms with Crippen LogP contribution in [-0.2, 0) is 6.42 Å². The molecule has 0 aliphatic carbocycles. The van der Waals surface area contributed by atoms with E-state index in [9.17, 15) is 0 Å². The summed E-state index contributed by atoms with van der Waals surface area (Å²) in [4.78, 5) is 4.55. The highest BCUT2D eigenvalue weighted by Gasteiger charge is 2.19. The average molecular weight is 287 g/mol. The van der Waals surface area contributed by atoms with Gasteiger partial charge in [-0.2, -0.15) is 5.10 Å². The Morgan fingerprint density at radius 1 is 1.33 bits per heavy atom. The first-order valence-electron chi connectivity index (χ1n) is 6.92. The van der Waals surface area contributed by atoms with Crippen molar-refractivity contribution in [1.82, 2.24) is 14.8 Å². The fourth-order valence-corrected chi connectivity index (χ4v) is 2.73. The molecule has 0 saturated heterocycles. The zero-order valence-electron chi connectivity index (χ0n) is 13.1. The number of aryl methyl sites for hydroxylation is 3. The Morgan fingerprint density at radius 3 is 2.52 bits per heavy atom. The molecule has 6 heteroatoms. The fourth-order valence-electron chi connectivity index (χ4n) is 2.73. The summed E-state index contributed by atoms with van der Waals surface area (Å²) in [6, 6.07) is 1.91. The van der Waals surface area contributed by atoms with Crippen LogP contribution in [0, 0.1) is 27.7 Å². The lowest BCUT2D eigenvalue weighted by Gasteiger charge is -2.13. The van der Waals surface area contributed by atoms with Gasteiger partial charge in [0.1, 0.15) is 0 Å². The molecule has 0 bridgehead atoms. The summed E-state index contributed by atoms with van der Waals surface area (Å²) < 4.78 is 1.78. The van der Waals surface area contributed by atoms with Gasteiger partial charge in [-0.3, -0.25) is 0 Å². The third kappa shape index (κ3) is 2.49. The highest BCUT2D eigenvalue weighted by Crippen LogP contribution is 2.22. The van der Waals surface area contributed by atoms with Gasteiger partial charge in [0.2, 0.25) is 0 Å². The minimum absolute atomic E-state index is 0.0422. The van der Waals surface area contributed by atoms with E-state index in [1.807, 2.05) is 33.8 Å². The number of oxime groups is 1. The van der Waals surface area contributed by atoms with Gasteiger partial charge in [-0.15, -0.1) is 0 Å². The molecule has 21 heavy (non-hydrogen) atoms. The van der Waals surface area contributed by atoms with Crippen LogP contribution in [0.2, 0.25) is 0 Å². The zero-order valence-corrected chi connectivity index (χ0v) is 13.1. The van der Waals surface area contributed by atoms with E-state index < -0.39 is 0 Å². The van der Waals surface area contributed by atoms with E-state index in [2.05, 4.69) is 22.2 Å². The van der Waals surface area contributed by atoms with E-state index in [0.29, 0.717) is 11.4 Å². The largest absolute Gasteiger partial charge is 0.409 e.